The Morgan fingerprint density at radius 3 is 2.45 bits per heavy atom. The minimum Gasteiger partial charge on any atom is -0.496 e. The molecule has 0 radical (unpaired) electrons. The van der Waals surface area contributed by atoms with Gasteiger partial charge in [-0.25, -0.2) is 4.98 Å². The second-order valence-electron chi connectivity index (χ2n) is 8.85. The first-order valence-corrected chi connectivity index (χ1v) is 10.5. The number of carbonyl (C=O) groups excluding carboxylic acids is 1. The van der Waals surface area contributed by atoms with Crippen molar-refractivity contribution in [1.82, 2.24) is 14.9 Å². The number of rotatable bonds is 3. The number of fused-ring (bicyclic) bond motifs is 1. The fraction of sp³-hybridized carbons (Fsp3) is 0.375. The number of carbonyl (C=O) groups is 1. The van der Waals surface area contributed by atoms with E-state index in [1.807, 2.05) is 46.2 Å². The molecular formula is C24H28N4O3. The highest BCUT2D eigenvalue weighted by Crippen LogP contribution is 2.32. The van der Waals surface area contributed by atoms with Gasteiger partial charge in [-0.15, -0.1) is 0 Å². The van der Waals surface area contributed by atoms with Gasteiger partial charge in [0, 0.05) is 31.7 Å². The molecule has 0 aliphatic carbocycles. The minimum absolute atomic E-state index is 0.0154. The Morgan fingerprint density at radius 1 is 1.06 bits per heavy atom. The first-order valence-electron chi connectivity index (χ1n) is 10.5. The van der Waals surface area contributed by atoms with Gasteiger partial charge in [-0.3, -0.25) is 14.6 Å². The van der Waals surface area contributed by atoms with E-state index in [1.165, 1.54) is 0 Å². The lowest BCUT2D eigenvalue weighted by Gasteiger charge is -2.35. The van der Waals surface area contributed by atoms with Gasteiger partial charge in [0.25, 0.3) is 11.5 Å². The Bertz CT molecular complexity index is 1170. The number of hydrogen-bond acceptors (Lipinski definition) is 5. The molecule has 31 heavy (non-hydrogen) atoms. The van der Waals surface area contributed by atoms with Crippen LogP contribution in [0.15, 0.2) is 47.3 Å². The number of para-hydroxylation sites is 1. The molecule has 1 N–H and O–H groups in total. The molecule has 2 aromatic carbocycles. The molecule has 1 saturated heterocycles. The normalized spacial score (nSPS) is 14.7. The zero-order valence-electron chi connectivity index (χ0n) is 18.4. The Kier molecular flexibility index (Phi) is 5.43. The van der Waals surface area contributed by atoms with E-state index in [0.29, 0.717) is 48.6 Å². The van der Waals surface area contributed by atoms with Crippen molar-refractivity contribution in [2.24, 2.45) is 0 Å². The highest BCUT2D eigenvalue weighted by Gasteiger charge is 2.26. The molecule has 1 aromatic heterocycles. The van der Waals surface area contributed by atoms with Crippen LogP contribution in [-0.4, -0.2) is 54.1 Å². The maximum absolute atomic E-state index is 13.1. The molecule has 0 atom stereocenters. The van der Waals surface area contributed by atoms with Crippen LogP contribution >= 0.6 is 0 Å². The molecule has 0 unspecified atom stereocenters. The average molecular weight is 421 g/mol. The summed E-state index contributed by atoms with van der Waals surface area (Å²) in [6.45, 7) is 8.68. The molecular weight excluding hydrogens is 392 g/mol. The maximum atomic E-state index is 13.1. The van der Waals surface area contributed by atoms with Crippen molar-refractivity contribution in [3.8, 4) is 5.75 Å². The number of methoxy groups -OCH3 is 1. The van der Waals surface area contributed by atoms with E-state index >= 15 is 0 Å². The number of anilines is 1. The number of hydrogen-bond donors (Lipinski definition) is 1. The van der Waals surface area contributed by atoms with Crippen LogP contribution in [0.1, 0.15) is 36.7 Å². The summed E-state index contributed by atoms with van der Waals surface area (Å²) < 4.78 is 5.55. The molecule has 0 bridgehead atoms. The number of piperazine rings is 1. The second kappa shape index (κ2) is 8.06. The lowest BCUT2D eigenvalue weighted by Crippen LogP contribution is -2.49. The van der Waals surface area contributed by atoms with E-state index in [0.717, 1.165) is 11.3 Å². The molecule has 2 heterocycles. The van der Waals surface area contributed by atoms with Crippen molar-refractivity contribution in [3.05, 3.63) is 63.9 Å². The number of amides is 1. The van der Waals surface area contributed by atoms with Gasteiger partial charge in [-0.2, -0.15) is 0 Å². The molecule has 7 nitrogen and oxygen atoms in total. The van der Waals surface area contributed by atoms with Gasteiger partial charge >= 0.3 is 0 Å². The Labute approximate surface area is 181 Å². The van der Waals surface area contributed by atoms with E-state index in [-0.39, 0.29) is 16.9 Å². The summed E-state index contributed by atoms with van der Waals surface area (Å²) in [6, 6.07) is 13.0. The maximum Gasteiger partial charge on any atom is 0.260 e. The number of nitrogens with zero attached hydrogens (tertiary/aromatic N) is 3. The summed E-state index contributed by atoms with van der Waals surface area (Å²) in [6.07, 6.45) is 0. The van der Waals surface area contributed by atoms with E-state index in [1.54, 1.807) is 13.2 Å². The molecule has 3 aromatic rings. The summed E-state index contributed by atoms with van der Waals surface area (Å²) >= 11 is 0. The summed E-state index contributed by atoms with van der Waals surface area (Å²) in [4.78, 5) is 36.8. The Balaban J connectivity index is 1.49. The molecule has 0 saturated carbocycles. The molecule has 1 aliphatic heterocycles. The van der Waals surface area contributed by atoms with Crippen LogP contribution in [0.3, 0.4) is 0 Å². The predicted octanol–water partition coefficient (Wildman–Crippen LogP) is 3.19. The average Bonchev–Trinajstić information content (AvgIpc) is 2.77. The van der Waals surface area contributed by atoms with E-state index in [4.69, 9.17) is 4.74 Å². The fourth-order valence-electron chi connectivity index (χ4n) is 3.97. The van der Waals surface area contributed by atoms with Crippen molar-refractivity contribution in [1.29, 1.82) is 0 Å². The lowest BCUT2D eigenvalue weighted by molar-refractivity contribution is 0.0745. The third-order valence-corrected chi connectivity index (χ3v) is 5.72. The smallest absolute Gasteiger partial charge is 0.260 e. The van der Waals surface area contributed by atoms with Crippen LogP contribution in [0.4, 0.5) is 5.95 Å². The number of ether oxygens (including phenoxy) is 1. The fourth-order valence-corrected chi connectivity index (χ4v) is 3.97. The van der Waals surface area contributed by atoms with Crippen LogP contribution in [0.2, 0.25) is 0 Å². The summed E-state index contributed by atoms with van der Waals surface area (Å²) in [5.74, 6) is 1.26. The van der Waals surface area contributed by atoms with Gasteiger partial charge < -0.3 is 14.5 Å². The van der Waals surface area contributed by atoms with E-state index in [2.05, 4.69) is 30.7 Å². The molecule has 0 spiro atoms. The quantitative estimate of drug-likeness (QED) is 0.704. The van der Waals surface area contributed by atoms with Gasteiger partial charge in [-0.1, -0.05) is 39.0 Å². The minimum atomic E-state index is -0.148. The molecule has 1 aliphatic rings. The third-order valence-electron chi connectivity index (χ3n) is 5.72. The highest BCUT2D eigenvalue weighted by molar-refractivity contribution is 5.95. The number of H-pyrrole nitrogens is 1. The van der Waals surface area contributed by atoms with Gasteiger partial charge in [0.2, 0.25) is 5.95 Å². The second-order valence-corrected chi connectivity index (χ2v) is 8.85. The number of aromatic nitrogens is 2. The van der Waals surface area contributed by atoms with Crippen molar-refractivity contribution >= 4 is 22.8 Å². The van der Waals surface area contributed by atoms with Crippen LogP contribution < -0.4 is 15.2 Å². The topological polar surface area (TPSA) is 78.5 Å². The van der Waals surface area contributed by atoms with Gasteiger partial charge in [0.15, 0.2) is 0 Å². The molecule has 1 fully saturated rings. The van der Waals surface area contributed by atoms with E-state index in [9.17, 15) is 9.59 Å². The zero-order chi connectivity index (χ0) is 22.2. The van der Waals surface area contributed by atoms with Crippen molar-refractivity contribution < 1.29 is 9.53 Å². The summed E-state index contributed by atoms with van der Waals surface area (Å²) in [7, 11) is 1.63. The molecule has 162 valence electrons. The molecule has 4 rings (SSSR count). The monoisotopic (exact) mass is 420 g/mol. The number of nitrogens with one attached hydrogen (secondary N) is 1. The van der Waals surface area contributed by atoms with Gasteiger partial charge in [0.1, 0.15) is 5.75 Å². The van der Waals surface area contributed by atoms with Gasteiger partial charge in [-0.05, 0) is 35.2 Å². The number of benzene rings is 2. The van der Waals surface area contributed by atoms with Gasteiger partial charge in [0.05, 0.1) is 18.0 Å². The summed E-state index contributed by atoms with van der Waals surface area (Å²) in [5.41, 5.74) is 2.15. The lowest BCUT2D eigenvalue weighted by atomic mass is 9.85. The van der Waals surface area contributed by atoms with Crippen molar-refractivity contribution in [2.45, 2.75) is 26.2 Å². The van der Waals surface area contributed by atoms with Crippen LogP contribution in [-0.2, 0) is 5.41 Å². The van der Waals surface area contributed by atoms with Crippen LogP contribution in [0.25, 0.3) is 10.9 Å². The first kappa shape index (κ1) is 20.9. The number of aromatic amines is 1. The standard InChI is InChI=1S/C24H28N4O3/c1-24(2,3)18-10-9-16(15-20(18)31-4)22(30)27-11-13-28(14-12-27)23-25-19-8-6-5-7-17(19)21(29)26-23/h5-10,15H,11-14H2,1-4H3,(H,25,26,29). The SMILES string of the molecule is COc1cc(C(=O)N2CCN(c3nc4ccccc4c(=O)[nH]3)CC2)ccc1C(C)(C)C. The Hall–Kier alpha value is -3.35. The van der Waals surface area contributed by atoms with Crippen LogP contribution in [0, 0.1) is 0 Å². The van der Waals surface area contributed by atoms with Crippen LogP contribution in [0.5, 0.6) is 5.75 Å². The third kappa shape index (κ3) is 4.13. The molecule has 7 heteroatoms. The molecule has 1 amide bonds. The zero-order valence-corrected chi connectivity index (χ0v) is 18.4. The predicted molar refractivity (Wildman–Crippen MR) is 122 cm³/mol. The largest absolute Gasteiger partial charge is 0.496 e. The van der Waals surface area contributed by atoms with Crippen molar-refractivity contribution in [3.63, 3.8) is 0 Å². The van der Waals surface area contributed by atoms with Crippen molar-refractivity contribution in [2.75, 3.05) is 38.2 Å². The Morgan fingerprint density at radius 2 is 1.77 bits per heavy atom. The highest BCUT2D eigenvalue weighted by atomic mass is 16.5. The first-order chi connectivity index (χ1) is 14.8. The van der Waals surface area contributed by atoms with E-state index < -0.39 is 0 Å². The summed E-state index contributed by atoms with van der Waals surface area (Å²) in [5, 5.41) is 0.577.